The Balaban J connectivity index is 3.00. The lowest BCUT2D eigenvalue weighted by Gasteiger charge is -2.10. The summed E-state index contributed by atoms with van der Waals surface area (Å²) in [4.78, 5) is 3.50. The molecule has 0 atom stereocenters. The van der Waals surface area contributed by atoms with Crippen LogP contribution < -0.4 is 0 Å². The van der Waals surface area contributed by atoms with Crippen LogP contribution in [0.5, 0.6) is 0 Å². The highest BCUT2D eigenvalue weighted by atomic mass is 35.5. The number of imidazole rings is 1. The van der Waals surface area contributed by atoms with Crippen molar-refractivity contribution in [1.82, 2.24) is 9.55 Å². The van der Waals surface area contributed by atoms with Crippen LogP contribution in [0.4, 0.5) is 13.2 Å². The monoisotopic (exact) mass is 350 g/mol. The summed E-state index contributed by atoms with van der Waals surface area (Å²) in [6.45, 7) is 1.54. The second kappa shape index (κ2) is 4.88. The molecule has 19 heavy (non-hydrogen) atoms. The number of fused-ring (bicyclic) bond motifs is 1. The van der Waals surface area contributed by atoms with Crippen molar-refractivity contribution in [3.05, 3.63) is 25.9 Å². The van der Waals surface area contributed by atoms with E-state index in [1.165, 1.54) is 6.92 Å². The van der Waals surface area contributed by atoms with Crippen LogP contribution in [0.15, 0.2) is 0 Å². The maximum Gasteiger partial charge on any atom is 0.449 e. The van der Waals surface area contributed by atoms with Gasteiger partial charge in [0.1, 0.15) is 5.52 Å². The predicted molar refractivity (Wildman–Crippen MR) is 70.4 cm³/mol. The zero-order chi connectivity index (χ0) is 14.5. The highest BCUT2D eigenvalue weighted by molar-refractivity contribution is 6.55. The number of hydrogen-bond acceptors (Lipinski definition) is 1. The molecule has 1 aromatic carbocycles. The molecule has 9 heteroatoms. The largest absolute Gasteiger partial charge is 0.449 e. The number of alkyl halides is 3. The summed E-state index contributed by atoms with van der Waals surface area (Å²) in [7, 11) is 0. The Labute approximate surface area is 126 Å². The predicted octanol–water partition coefficient (Wildman–Crippen LogP) is 5.69. The Morgan fingerprint density at radius 1 is 1.00 bits per heavy atom. The molecule has 0 aliphatic rings. The Morgan fingerprint density at radius 2 is 1.53 bits per heavy atom. The Bertz CT molecular complexity index is 663. The number of benzene rings is 1. The molecule has 1 aromatic heterocycles. The van der Waals surface area contributed by atoms with Gasteiger partial charge in [-0.25, -0.2) is 4.98 Å². The van der Waals surface area contributed by atoms with Crippen LogP contribution in [0.2, 0.25) is 20.1 Å². The SMILES string of the molecule is CCn1c(C(F)(F)F)nc2c(Cl)c(Cl)c(Cl)c(Cl)c21. The van der Waals surface area contributed by atoms with Gasteiger partial charge in [-0.05, 0) is 6.92 Å². The normalized spacial score (nSPS) is 12.4. The minimum Gasteiger partial charge on any atom is -0.319 e. The number of aromatic nitrogens is 2. The summed E-state index contributed by atoms with van der Waals surface area (Å²) < 4.78 is 39.6. The molecule has 0 saturated heterocycles. The van der Waals surface area contributed by atoms with Gasteiger partial charge in [-0.3, -0.25) is 0 Å². The number of rotatable bonds is 1. The smallest absolute Gasteiger partial charge is 0.319 e. The molecule has 0 N–H and O–H groups in total. The van der Waals surface area contributed by atoms with E-state index in [4.69, 9.17) is 46.4 Å². The van der Waals surface area contributed by atoms with Gasteiger partial charge < -0.3 is 4.57 Å². The topological polar surface area (TPSA) is 17.8 Å². The maximum atomic E-state index is 12.9. The van der Waals surface area contributed by atoms with Gasteiger partial charge in [-0.2, -0.15) is 13.2 Å². The molecule has 0 aliphatic heterocycles. The van der Waals surface area contributed by atoms with Crippen LogP contribution in [-0.4, -0.2) is 9.55 Å². The molecule has 0 radical (unpaired) electrons. The second-order valence-electron chi connectivity index (χ2n) is 3.63. The summed E-state index contributed by atoms with van der Waals surface area (Å²) in [5, 5.41) is -0.459. The Kier molecular flexibility index (Phi) is 3.86. The quantitative estimate of drug-likeness (QED) is 0.476. The third-order valence-corrected chi connectivity index (χ3v) is 4.31. The minimum atomic E-state index is -4.62. The number of hydrogen-bond donors (Lipinski definition) is 0. The first-order chi connectivity index (χ1) is 8.70. The van der Waals surface area contributed by atoms with Crippen molar-refractivity contribution < 1.29 is 13.2 Å². The molecule has 0 amide bonds. The van der Waals surface area contributed by atoms with Gasteiger partial charge in [-0.15, -0.1) is 0 Å². The molecule has 0 unspecified atom stereocenters. The molecule has 2 aromatic rings. The fourth-order valence-electron chi connectivity index (χ4n) is 1.75. The Hall–Kier alpha value is -0.360. The highest BCUT2D eigenvalue weighted by Crippen LogP contribution is 2.44. The van der Waals surface area contributed by atoms with E-state index in [1.54, 1.807) is 0 Å². The zero-order valence-corrected chi connectivity index (χ0v) is 12.3. The molecule has 0 saturated carbocycles. The fraction of sp³-hybridized carbons (Fsp3) is 0.300. The van der Waals surface area contributed by atoms with Crippen LogP contribution in [0.1, 0.15) is 12.7 Å². The lowest BCUT2D eigenvalue weighted by molar-refractivity contribution is -0.146. The van der Waals surface area contributed by atoms with E-state index in [1.807, 2.05) is 0 Å². The van der Waals surface area contributed by atoms with Crippen LogP contribution in [-0.2, 0) is 12.7 Å². The van der Waals surface area contributed by atoms with Gasteiger partial charge in [0.2, 0.25) is 5.82 Å². The average molecular weight is 352 g/mol. The molecule has 0 bridgehead atoms. The first-order valence-electron chi connectivity index (χ1n) is 4.99. The van der Waals surface area contributed by atoms with Gasteiger partial charge >= 0.3 is 6.18 Å². The third-order valence-electron chi connectivity index (χ3n) is 2.53. The third kappa shape index (κ3) is 2.27. The van der Waals surface area contributed by atoms with Gasteiger partial charge in [0.25, 0.3) is 0 Å². The van der Waals surface area contributed by atoms with E-state index in [0.29, 0.717) is 0 Å². The van der Waals surface area contributed by atoms with E-state index in [0.717, 1.165) is 4.57 Å². The summed E-state index contributed by atoms with van der Waals surface area (Å²) in [6.07, 6.45) is -4.62. The van der Waals surface area contributed by atoms with Crippen molar-refractivity contribution in [1.29, 1.82) is 0 Å². The summed E-state index contributed by atoms with van der Waals surface area (Å²) in [5.41, 5.74) is -0.0915. The van der Waals surface area contributed by atoms with Crippen LogP contribution in [0, 0.1) is 0 Å². The van der Waals surface area contributed by atoms with E-state index in [-0.39, 0.29) is 37.7 Å². The molecule has 0 fully saturated rings. The average Bonchev–Trinajstić information content (AvgIpc) is 2.73. The van der Waals surface area contributed by atoms with Crippen LogP contribution >= 0.6 is 46.4 Å². The van der Waals surface area contributed by atoms with E-state index in [2.05, 4.69) is 4.98 Å². The first-order valence-corrected chi connectivity index (χ1v) is 6.50. The molecular weight excluding hydrogens is 347 g/mol. The standard InChI is InChI=1S/C10H5Cl4F3N2/c1-2-19-8-6(14)4(12)3(11)5(13)7(8)18-9(19)10(15,16)17/h2H2,1H3. The van der Waals surface area contributed by atoms with E-state index >= 15 is 0 Å². The van der Waals surface area contributed by atoms with Crippen molar-refractivity contribution in [2.75, 3.05) is 0 Å². The molecule has 2 nitrogen and oxygen atoms in total. The summed E-state index contributed by atoms with van der Waals surface area (Å²) in [5.74, 6) is -1.09. The van der Waals surface area contributed by atoms with E-state index in [9.17, 15) is 13.2 Å². The lowest BCUT2D eigenvalue weighted by atomic mass is 10.3. The molecule has 1 heterocycles. The number of nitrogens with zero attached hydrogens (tertiary/aromatic N) is 2. The fourth-order valence-corrected chi connectivity index (χ4v) is 2.73. The molecule has 2 rings (SSSR count). The summed E-state index contributed by atoms with van der Waals surface area (Å²) >= 11 is 23.5. The van der Waals surface area contributed by atoms with Crippen LogP contribution in [0.25, 0.3) is 11.0 Å². The van der Waals surface area contributed by atoms with Gasteiger partial charge in [0.15, 0.2) is 0 Å². The second-order valence-corrected chi connectivity index (χ2v) is 5.14. The molecule has 0 spiro atoms. The number of halogens is 7. The highest BCUT2D eigenvalue weighted by Gasteiger charge is 2.38. The van der Waals surface area contributed by atoms with Gasteiger partial charge in [0, 0.05) is 6.54 Å². The maximum absolute atomic E-state index is 12.9. The minimum absolute atomic E-state index is 0.0132. The van der Waals surface area contributed by atoms with Crippen molar-refractivity contribution >= 4 is 57.4 Å². The van der Waals surface area contributed by atoms with Crippen molar-refractivity contribution in [3.63, 3.8) is 0 Å². The van der Waals surface area contributed by atoms with Crippen LogP contribution in [0.3, 0.4) is 0 Å². The van der Waals surface area contributed by atoms with Crippen molar-refractivity contribution in [2.24, 2.45) is 0 Å². The first kappa shape index (κ1) is 15.0. The van der Waals surface area contributed by atoms with Crippen molar-refractivity contribution in [2.45, 2.75) is 19.6 Å². The lowest BCUT2D eigenvalue weighted by Crippen LogP contribution is -2.14. The molecule has 0 aliphatic carbocycles. The van der Waals surface area contributed by atoms with E-state index < -0.39 is 12.0 Å². The van der Waals surface area contributed by atoms with Gasteiger partial charge in [0.05, 0.1) is 25.6 Å². The number of aryl methyl sites for hydroxylation is 1. The Morgan fingerprint density at radius 3 is 2.00 bits per heavy atom. The zero-order valence-electron chi connectivity index (χ0n) is 9.25. The molecular formula is C10H5Cl4F3N2. The summed E-state index contributed by atoms with van der Waals surface area (Å²) in [6, 6.07) is 0. The van der Waals surface area contributed by atoms with Crippen molar-refractivity contribution in [3.8, 4) is 0 Å². The van der Waals surface area contributed by atoms with Gasteiger partial charge in [-0.1, -0.05) is 46.4 Å². The molecule has 104 valence electrons.